The number of benzene rings is 1. The van der Waals surface area contributed by atoms with Crippen molar-refractivity contribution in [1.29, 1.82) is 0 Å². The minimum absolute atomic E-state index is 0.108. The molecule has 0 bridgehead atoms. The molecule has 1 amide bonds. The molecule has 0 unspecified atom stereocenters. The van der Waals surface area contributed by atoms with Gasteiger partial charge in [-0.15, -0.1) is 0 Å². The van der Waals surface area contributed by atoms with Gasteiger partial charge in [-0.1, -0.05) is 15.9 Å². The van der Waals surface area contributed by atoms with E-state index in [4.69, 9.17) is 0 Å². The van der Waals surface area contributed by atoms with E-state index >= 15 is 0 Å². The van der Waals surface area contributed by atoms with E-state index in [1.807, 2.05) is 12.1 Å². The van der Waals surface area contributed by atoms with Crippen molar-refractivity contribution in [1.82, 2.24) is 9.97 Å². The molecule has 1 aromatic carbocycles. The van der Waals surface area contributed by atoms with Gasteiger partial charge in [-0.3, -0.25) is 9.78 Å². The zero-order valence-corrected chi connectivity index (χ0v) is 14.6. The highest BCUT2D eigenvalue weighted by Gasteiger charge is 2.14. The zero-order chi connectivity index (χ0) is 17.6. The van der Waals surface area contributed by atoms with Gasteiger partial charge in [0, 0.05) is 29.6 Å². The summed E-state index contributed by atoms with van der Waals surface area (Å²) in [4.78, 5) is 20.7. The molecule has 0 fully saturated rings. The molecule has 2 N–H and O–H groups in total. The molecule has 3 rings (SSSR count). The third kappa shape index (κ3) is 4.39. The van der Waals surface area contributed by atoms with Gasteiger partial charge < -0.3 is 10.6 Å². The number of anilines is 2. The Bertz CT molecular complexity index is 889. The first kappa shape index (κ1) is 17.0. The summed E-state index contributed by atoms with van der Waals surface area (Å²) in [6.07, 6.45) is 4.98. The van der Waals surface area contributed by atoms with Gasteiger partial charge in [-0.25, -0.2) is 9.37 Å². The van der Waals surface area contributed by atoms with Crippen molar-refractivity contribution in [3.05, 3.63) is 82.5 Å². The van der Waals surface area contributed by atoms with Crippen LogP contribution >= 0.6 is 15.9 Å². The van der Waals surface area contributed by atoms with Gasteiger partial charge in [0.1, 0.15) is 11.6 Å². The number of hydrogen-bond acceptors (Lipinski definition) is 4. The lowest BCUT2D eigenvalue weighted by Gasteiger charge is -2.12. The van der Waals surface area contributed by atoms with Crippen LogP contribution in [0.5, 0.6) is 0 Å². The molecule has 0 saturated carbocycles. The van der Waals surface area contributed by atoms with Gasteiger partial charge in [-0.05, 0) is 48.0 Å². The highest BCUT2D eigenvalue weighted by molar-refractivity contribution is 9.10. The summed E-state index contributed by atoms with van der Waals surface area (Å²) < 4.78 is 14.5. The lowest BCUT2D eigenvalue weighted by atomic mass is 10.2. The number of carbonyl (C=O) groups is 1. The molecule has 0 aliphatic carbocycles. The maximum atomic E-state index is 13.9. The van der Waals surface area contributed by atoms with Gasteiger partial charge in [0.25, 0.3) is 5.91 Å². The summed E-state index contributed by atoms with van der Waals surface area (Å²) in [6.45, 7) is 0.493. The Hall–Kier alpha value is -2.80. The number of aromatic nitrogens is 2. The number of rotatable bonds is 5. The molecule has 2 aromatic heterocycles. The van der Waals surface area contributed by atoms with Gasteiger partial charge in [0.15, 0.2) is 0 Å². The van der Waals surface area contributed by atoms with Crippen LogP contribution < -0.4 is 10.6 Å². The summed E-state index contributed by atoms with van der Waals surface area (Å²) in [5, 5.41) is 5.69. The Morgan fingerprint density at radius 3 is 2.68 bits per heavy atom. The minimum atomic E-state index is -0.516. The molecular weight excluding hydrogens is 387 g/mol. The standard InChI is InChI=1S/C18H14BrFN4O/c19-13-3-4-16(15(20)10-13)24-18(25)14-2-1-7-22-17(14)23-11-12-5-8-21-9-6-12/h1-10H,11H2,(H,22,23)(H,24,25). The van der Waals surface area contributed by atoms with Crippen LogP contribution in [-0.4, -0.2) is 15.9 Å². The SMILES string of the molecule is O=C(Nc1ccc(Br)cc1F)c1cccnc1NCc1ccncc1. The van der Waals surface area contributed by atoms with Crippen molar-refractivity contribution in [2.75, 3.05) is 10.6 Å². The average Bonchev–Trinajstić information content (AvgIpc) is 2.63. The Morgan fingerprint density at radius 1 is 1.12 bits per heavy atom. The summed E-state index contributed by atoms with van der Waals surface area (Å²) in [6, 6.07) is 11.5. The predicted molar refractivity (Wildman–Crippen MR) is 97.9 cm³/mol. The topological polar surface area (TPSA) is 66.9 Å². The molecule has 7 heteroatoms. The van der Waals surface area contributed by atoms with Crippen LogP contribution in [0, 0.1) is 5.82 Å². The first-order valence-corrected chi connectivity index (χ1v) is 8.27. The van der Waals surface area contributed by atoms with Crippen molar-refractivity contribution in [2.24, 2.45) is 0 Å². The van der Waals surface area contributed by atoms with Crippen LogP contribution in [0.1, 0.15) is 15.9 Å². The Kier molecular flexibility index (Phi) is 5.35. The molecule has 0 radical (unpaired) electrons. The number of halogens is 2. The minimum Gasteiger partial charge on any atom is -0.365 e. The molecule has 3 aromatic rings. The van der Waals surface area contributed by atoms with Gasteiger partial charge in [0.2, 0.25) is 0 Å². The molecular formula is C18H14BrFN4O. The number of pyridine rings is 2. The second-order valence-electron chi connectivity index (χ2n) is 5.19. The van der Waals surface area contributed by atoms with Crippen LogP contribution in [0.2, 0.25) is 0 Å². The fourth-order valence-electron chi connectivity index (χ4n) is 2.20. The van der Waals surface area contributed by atoms with Crippen molar-refractivity contribution < 1.29 is 9.18 Å². The van der Waals surface area contributed by atoms with Crippen LogP contribution in [0.25, 0.3) is 0 Å². The molecule has 0 aliphatic rings. The fourth-order valence-corrected chi connectivity index (χ4v) is 2.53. The van der Waals surface area contributed by atoms with E-state index in [1.54, 1.807) is 36.8 Å². The number of carbonyl (C=O) groups excluding carboxylic acids is 1. The monoisotopic (exact) mass is 400 g/mol. The largest absolute Gasteiger partial charge is 0.365 e. The second-order valence-corrected chi connectivity index (χ2v) is 6.10. The first-order chi connectivity index (χ1) is 12.1. The number of hydrogen-bond donors (Lipinski definition) is 2. The Labute approximate surface area is 152 Å². The third-order valence-corrected chi connectivity index (χ3v) is 3.93. The Balaban J connectivity index is 1.76. The fraction of sp³-hybridized carbons (Fsp3) is 0.0556. The molecule has 5 nitrogen and oxygen atoms in total. The summed E-state index contributed by atoms with van der Waals surface area (Å²) in [5.74, 6) is -0.529. The third-order valence-electron chi connectivity index (χ3n) is 3.44. The van der Waals surface area contributed by atoms with Crippen molar-refractivity contribution in [3.63, 3.8) is 0 Å². The predicted octanol–water partition coefficient (Wildman–Crippen LogP) is 4.24. The number of nitrogens with zero attached hydrogens (tertiary/aromatic N) is 2. The highest BCUT2D eigenvalue weighted by Crippen LogP contribution is 2.21. The van der Waals surface area contributed by atoms with Crippen LogP contribution in [0.3, 0.4) is 0 Å². The molecule has 2 heterocycles. The number of nitrogens with one attached hydrogen (secondary N) is 2. The van der Waals surface area contributed by atoms with E-state index in [0.717, 1.165) is 5.56 Å². The maximum Gasteiger partial charge on any atom is 0.259 e. The maximum absolute atomic E-state index is 13.9. The van der Waals surface area contributed by atoms with E-state index in [2.05, 4.69) is 36.5 Å². The second kappa shape index (κ2) is 7.85. The van der Waals surface area contributed by atoms with E-state index < -0.39 is 11.7 Å². The molecule has 126 valence electrons. The molecule has 0 spiro atoms. The quantitative estimate of drug-likeness (QED) is 0.671. The Morgan fingerprint density at radius 2 is 1.92 bits per heavy atom. The molecule has 0 saturated heterocycles. The first-order valence-electron chi connectivity index (χ1n) is 7.47. The van der Waals surface area contributed by atoms with Gasteiger partial charge in [0.05, 0.1) is 11.3 Å². The van der Waals surface area contributed by atoms with Crippen LogP contribution in [0.4, 0.5) is 15.9 Å². The van der Waals surface area contributed by atoms with Crippen LogP contribution in [0.15, 0.2) is 65.5 Å². The summed E-state index contributed by atoms with van der Waals surface area (Å²) in [5.41, 5.74) is 1.45. The number of amides is 1. The van der Waals surface area contributed by atoms with Crippen LogP contribution in [-0.2, 0) is 6.54 Å². The lowest BCUT2D eigenvalue weighted by Crippen LogP contribution is -2.16. The molecule has 0 aliphatic heterocycles. The summed E-state index contributed by atoms with van der Waals surface area (Å²) >= 11 is 3.18. The van der Waals surface area contributed by atoms with Gasteiger partial charge >= 0.3 is 0 Å². The highest BCUT2D eigenvalue weighted by atomic mass is 79.9. The molecule has 25 heavy (non-hydrogen) atoms. The average molecular weight is 401 g/mol. The van der Waals surface area contributed by atoms with Crippen molar-refractivity contribution in [3.8, 4) is 0 Å². The zero-order valence-electron chi connectivity index (χ0n) is 13.0. The van der Waals surface area contributed by atoms with Crippen molar-refractivity contribution >= 4 is 33.3 Å². The van der Waals surface area contributed by atoms with E-state index in [-0.39, 0.29) is 5.69 Å². The van der Waals surface area contributed by atoms with E-state index in [1.165, 1.54) is 12.1 Å². The summed E-state index contributed by atoms with van der Waals surface area (Å²) in [7, 11) is 0. The normalized spacial score (nSPS) is 10.3. The van der Waals surface area contributed by atoms with Crippen molar-refractivity contribution in [2.45, 2.75) is 6.54 Å². The van der Waals surface area contributed by atoms with E-state index in [0.29, 0.717) is 22.4 Å². The smallest absolute Gasteiger partial charge is 0.259 e. The molecule has 0 atom stereocenters. The van der Waals surface area contributed by atoms with Gasteiger partial charge in [-0.2, -0.15) is 0 Å². The van der Waals surface area contributed by atoms with E-state index in [9.17, 15) is 9.18 Å². The lowest BCUT2D eigenvalue weighted by molar-refractivity contribution is 0.102.